The molecule has 184 valence electrons. The van der Waals surface area contributed by atoms with Crippen LogP contribution in [0.3, 0.4) is 0 Å². The molecule has 2 aromatic carbocycles. The number of nitriles is 2. The molecule has 0 aromatic heterocycles. The lowest BCUT2D eigenvalue weighted by molar-refractivity contribution is 1.20. The van der Waals surface area contributed by atoms with Crippen LogP contribution in [0.5, 0.6) is 0 Å². The van der Waals surface area contributed by atoms with Gasteiger partial charge < -0.3 is 0 Å². The summed E-state index contributed by atoms with van der Waals surface area (Å²) in [5, 5.41) is 16.7. The fourth-order valence-electron chi connectivity index (χ4n) is 2.27. The predicted molar refractivity (Wildman–Crippen MR) is 154 cm³/mol. The Morgan fingerprint density at radius 1 is 0.743 bits per heavy atom. The molecule has 0 saturated carbocycles. The lowest BCUT2D eigenvalue weighted by Crippen LogP contribution is -1.78. The standard InChI is InChI=1S/C11H15N.2C7H8.C6H9N.C2H2/c1-5-6-10(3)11(4)7-9(2)8-12;2*1-7-5-3-2-4-6-7;1-3-4-6(2)5-7;1-2/h5-7H,1-4H3;2*2-6H,1H3;4H,3H2,1-2H3;1-2H/b6-5-,9-7-,11-10+;;;6-4-;. The average molecular weight is 467 g/mol. The van der Waals surface area contributed by atoms with Crippen LogP contribution in [-0.4, -0.2) is 0 Å². The smallest absolute Gasteiger partial charge is 0.0944 e. The van der Waals surface area contributed by atoms with Crippen molar-refractivity contribution >= 4 is 0 Å². The van der Waals surface area contributed by atoms with Crippen molar-refractivity contribution in [3.63, 3.8) is 0 Å². The van der Waals surface area contributed by atoms with Crippen molar-refractivity contribution in [3.05, 3.63) is 118 Å². The maximum absolute atomic E-state index is 8.54. The average Bonchev–Trinajstić information content (AvgIpc) is 2.87. The van der Waals surface area contributed by atoms with Gasteiger partial charge in [0.2, 0.25) is 0 Å². The number of hydrogen-bond donors (Lipinski definition) is 0. The Balaban J connectivity index is -0.000000391. The van der Waals surface area contributed by atoms with Crippen molar-refractivity contribution in [2.24, 2.45) is 0 Å². The molecule has 35 heavy (non-hydrogen) atoms. The molecule has 0 radical (unpaired) electrons. The minimum absolute atomic E-state index is 0.747. The molecule has 0 heterocycles. The zero-order chi connectivity index (χ0) is 27.5. The van der Waals surface area contributed by atoms with E-state index in [1.807, 2.05) is 108 Å². The highest BCUT2D eigenvalue weighted by Crippen LogP contribution is 2.08. The van der Waals surface area contributed by atoms with Gasteiger partial charge in [0.25, 0.3) is 0 Å². The lowest BCUT2D eigenvalue weighted by atomic mass is 10.1. The molecular formula is C33H42N2. The fourth-order valence-corrected chi connectivity index (χ4v) is 2.27. The van der Waals surface area contributed by atoms with E-state index in [4.69, 9.17) is 10.5 Å². The third-order valence-corrected chi connectivity index (χ3v) is 4.22. The molecule has 0 N–H and O–H groups in total. The van der Waals surface area contributed by atoms with Gasteiger partial charge in [0.05, 0.1) is 12.1 Å². The second kappa shape index (κ2) is 26.2. The van der Waals surface area contributed by atoms with Gasteiger partial charge in [-0.1, -0.05) is 96.9 Å². The van der Waals surface area contributed by atoms with E-state index in [0.29, 0.717) is 0 Å². The number of hydrogen-bond acceptors (Lipinski definition) is 2. The topological polar surface area (TPSA) is 47.6 Å². The molecule has 0 aliphatic rings. The number of benzene rings is 2. The highest BCUT2D eigenvalue weighted by molar-refractivity contribution is 5.35. The van der Waals surface area contributed by atoms with Crippen LogP contribution in [0.4, 0.5) is 0 Å². The molecule has 2 heteroatoms. The van der Waals surface area contributed by atoms with Gasteiger partial charge in [-0.15, -0.1) is 12.8 Å². The number of aryl methyl sites for hydroxylation is 2. The molecule has 2 nitrogen and oxygen atoms in total. The summed E-state index contributed by atoms with van der Waals surface area (Å²) < 4.78 is 0. The van der Waals surface area contributed by atoms with Crippen LogP contribution in [0, 0.1) is 49.4 Å². The Bertz CT molecular complexity index is 966. The second-order valence-electron chi connectivity index (χ2n) is 7.52. The van der Waals surface area contributed by atoms with Gasteiger partial charge in [-0.05, 0) is 72.1 Å². The van der Waals surface area contributed by atoms with Crippen molar-refractivity contribution in [1.82, 2.24) is 0 Å². The van der Waals surface area contributed by atoms with Crippen molar-refractivity contribution in [3.8, 4) is 25.0 Å². The summed E-state index contributed by atoms with van der Waals surface area (Å²) in [4.78, 5) is 0. The highest BCUT2D eigenvalue weighted by atomic mass is 14.2. The maximum atomic E-state index is 8.54. The lowest BCUT2D eigenvalue weighted by Gasteiger charge is -1.96. The molecule has 0 saturated heterocycles. The summed E-state index contributed by atoms with van der Waals surface area (Å²) in [6, 6.07) is 24.6. The number of allylic oxidation sites excluding steroid dienone is 8. The largest absolute Gasteiger partial charge is 0.193 e. The minimum atomic E-state index is 0.747. The van der Waals surface area contributed by atoms with Crippen LogP contribution >= 0.6 is 0 Å². The molecule has 0 fully saturated rings. The third kappa shape index (κ3) is 26.1. The van der Waals surface area contributed by atoms with Gasteiger partial charge >= 0.3 is 0 Å². The van der Waals surface area contributed by atoms with Crippen molar-refractivity contribution in [1.29, 1.82) is 10.5 Å². The number of nitrogens with zero attached hydrogens (tertiary/aromatic N) is 2. The summed E-state index contributed by atoms with van der Waals surface area (Å²) in [6.45, 7) is 15.8. The first-order valence-corrected chi connectivity index (χ1v) is 11.5. The molecular weight excluding hydrogens is 424 g/mol. The van der Waals surface area contributed by atoms with E-state index >= 15 is 0 Å². The number of terminal acetylenes is 1. The van der Waals surface area contributed by atoms with E-state index in [1.165, 1.54) is 16.7 Å². The van der Waals surface area contributed by atoms with Crippen LogP contribution in [0.15, 0.2) is 107 Å². The van der Waals surface area contributed by atoms with Crippen LogP contribution in [0.25, 0.3) is 0 Å². The molecule has 0 aliphatic carbocycles. The van der Waals surface area contributed by atoms with E-state index < -0.39 is 0 Å². The molecule has 0 bridgehead atoms. The van der Waals surface area contributed by atoms with Crippen molar-refractivity contribution < 1.29 is 0 Å². The first kappa shape index (κ1) is 35.5. The monoisotopic (exact) mass is 466 g/mol. The Hall–Kier alpha value is -4.06. The van der Waals surface area contributed by atoms with E-state index in [-0.39, 0.29) is 0 Å². The van der Waals surface area contributed by atoms with Crippen molar-refractivity contribution in [2.45, 2.75) is 61.8 Å². The Morgan fingerprint density at radius 3 is 1.37 bits per heavy atom. The van der Waals surface area contributed by atoms with Crippen LogP contribution in [-0.2, 0) is 0 Å². The zero-order valence-corrected chi connectivity index (χ0v) is 22.8. The highest BCUT2D eigenvalue weighted by Gasteiger charge is 1.90. The van der Waals surface area contributed by atoms with E-state index in [0.717, 1.165) is 23.1 Å². The summed E-state index contributed by atoms with van der Waals surface area (Å²) in [5.74, 6) is 0. The molecule has 0 aliphatic heterocycles. The number of rotatable bonds is 3. The fraction of sp³-hybridized carbons (Fsp3) is 0.273. The summed E-state index contributed by atoms with van der Waals surface area (Å²) in [5.41, 5.74) is 6.54. The zero-order valence-electron chi connectivity index (χ0n) is 22.8. The Labute approximate surface area is 215 Å². The molecule has 0 unspecified atom stereocenters. The van der Waals surface area contributed by atoms with E-state index in [2.05, 4.69) is 57.0 Å². The van der Waals surface area contributed by atoms with Gasteiger partial charge in [-0.25, -0.2) is 0 Å². The first-order valence-electron chi connectivity index (χ1n) is 11.5. The molecule has 0 spiro atoms. The van der Waals surface area contributed by atoms with Crippen LogP contribution in [0.2, 0.25) is 0 Å². The SMILES string of the molecule is C#C.CC/C=C(/C)C#N.C\C=C/C(C)=C(C)/C=C(/C)C#N.Cc1ccccc1.Cc1ccccc1. The summed E-state index contributed by atoms with van der Waals surface area (Å²) >= 11 is 0. The summed E-state index contributed by atoms with van der Waals surface area (Å²) in [7, 11) is 0. The minimum Gasteiger partial charge on any atom is -0.193 e. The Kier molecular flexibility index (Phi) is 26.6. The van der Waals surface area contributed by atoms with Crippen molar-refractivity contribution in [2.75, 3.05) is 0 Å². The second-order valence-corrected chi connectivity index (χ2v) is 7.52. The molecule has 0 amide bonds. The van der Waals surface area contributed by atoms with Gasteiger partial charge in [0.15, 0.2) is 0 Å². The normalized spacial score (nSPS) is 10.6. The van der Waals surface area contributed by atoms with E-state index in [9.17, 15) is 0 Å². The van der Waals surface area contributed by atoms with Crippen LogP contribution in [0.1, 0.15) is 59.1 Å². The third-order valence-electron chi connectivity index (χ3n) is 4.22. The molecule has 2 aromatic rings. The quantitative estimate of drug-likeness (QED) is 0.257. The van der Waals surface area contributed by atoms with Gasteiger partial charge in [0, 0.05) is 11.1 Å². The van der Waals surface area contributed by atoms with Gasteiger partial charge in [-0.2, -0.15) is 10.5 Å². The molecule has 0 atom stereocenters. The van der Waals surface area contributed by atoms with E-state index in [1.54, 1.807) is 0 Å². The van der Waals surface area contributed by atoms with Gasteiger partial charge in [0.1, 0.15) is 0 Å². The van der Waals surface area contributed by atoms with Crippen LogP contribution < -0.4 is 0 Å². The first-order chi connectivity index (χ1) is 16.7. The Morgan fingerprint density at radius 2 is 1.14 bits per heavy atom. The maximum Gasteiger partial charge on any atom is 0.0944 e. The van der Waals surface area contributed by atoms with Gasteiger partial charge in [-0.3, -0.25) is 0 Å². The molecule has 2 rings (SSSR count). The summed E-state index contributed by atoms with van der Waals surface area (Å²) in [6.07, 6.45) is 16.8. The predicted octanol–water partition coefficient (Wildman–Crippen LogP) is 9.47.